The van der Waals surface area contributed by atoms with Crippen molar-refractivity contribution in [1.29, 1.82) is 0 Å². The van der Waals surface area contributed by atoms with Crippen molar-refractivity contribution in [3.8, 4) is 11.5 Å². The second-order valence-electron chi connectivity index (χ2n) is 4.71. The maximum absolute atomic E-state index is 13.7. The molecule has 0 unspecified atom stereocenters. The van der Waals surface area contributed by atoms with E-state index >= 15 is 0 Å². The highest BCUT2D eigenvalue weighted by atomic mass is 19.1. The van der Waals surface area contributed by atoms with Crippen LogP contribution >= 0.6 is 0 Å². The Hall–Kier alpha value is -1.29. The van der Waals surface area contributed by atoms with Gasteiger partial charge >= 0.3 is 0 Å². The van der Waals surface area contributed by atoms with E-state index in [0.717, 1.165) is 37.9 Å². The maximum Gasteiger partial charge on any atom is 0.231 e. The zero-order valence-corrected chi connectivity index (χ0v) is 9.67. The molecule has 0 aromatic heterocycles. The van der Waals surface area contributed by atoms with Gasteiger partial charge in [-0.25, -0.2) is 4.39 Å². The van der Waals surface area contributed by atoms with E-state index in [1.165, 1.54) is 0 Å². The molecule has 0 aliphatic carbocycles. The molecule has 3 nitrogen and oxygen atoms in total. The van der Waals surface area contributed by atoms with Crippen LogP contribution in [0.5, 0.6) is 11.5 Å². The molecule has 1 N–H and O–H groups in total. The zero-order valence-electron chi connectivity index (χ0n) is 9.67. The van der Waals surface area contributed by atoms with E-state index in [0.29, 0.717) is 11.7 Å². The topological polar surface area (TPSA) is 30.5 Å². The first-order valence-electron chi connectivity index (χ1n) is 6.11. The molecule has 92 valence electrons. The molecular formula is C13H16FNO2. The van der Waals surface area contributed by atoms with E-state index in [9.17, 15) is 4.39 Å². The molecule has 0 spiro atoms. The van der Waals surface area contributed by atoms with Gasteiger partial charge in [-0.15, -0.1) is 0 Å². The highest BCUT2D eigenvalue weighted by Crippen LogP contribution is 2.36. The summed E-state index contributed by atoms with van der Waals surface area (Å²) in [5.41, 5.74) is 1.01. The predicted octanol–water partition coefficient (Wildman–Crippen LogP) is 2.10. The normalized spacial score (nSPS) is 19.6. The van der Waals surface area contributed by atoms with Gasteiger partial charge in [0.1, 0.15) is 0 Å². The molecule has 1 aromatic rings. The maximum atomic E-state index is 13.7. The average molecular weight is 237 g/mol. The fourth-order valence-corrected chi connectivity index (χ4v) is 2.56. The standard InChI is InChI=1S/C13H16FNO2/c14-11-6-10(5-9-1-3-15-4-2-9)7-12-13(11)17-8-16-12/h6-7,9,15H,1-5,8H2. The van der Waals surface area contributed by atoms with Gasteiger partial charge in [-0.05, 0) is 56.0 Å². The van der Waals surface area contributed by atoms with Crippen LogP contribution in [-0.2, 0) is 6.42 Å². The first-order valence-corrected chi connectivity index (χ1v) is 6.11. The van der Waals surface area contributed by atoms with Crippen LogP contribution in [0, 0.1) is 11.7 Å². The largest absolute Gasteiger partial charge is 0.453 e. The Morgan fingerprint density at radius 3 is 2.88 bits per heavy atom. The van der Waals surface area contributed by atoms with Gasteiger partial charge < -0.3 is 14.8 Å². The molecule has 1 saturated heterocycles. The minimum absolute atomic E-state index is 0.128. The molecule has 0 bridgehead atoms. The van der Waals surface area contributed by atoms with Gasteiger partial charge in [0.05, 0.1) is 0 Å². The molecule has 1 aromatic carbocycles. The number of fused-ring (bicyclic) bond motifs is 1. The second kappa shape index (κ2) is 4.53. The number of ether oxygens (including phenoxy) is 2. The second-order valence-corrected chi connectivity index (χ2v) is 4.71. The summed E-state index contributed by atoms with van der Waals surface area (Å²) in [4.78, 5) is 0. The van der Waals surface area contributed by atoms with E-state index in [-0.39, 0.29) is 18.4 Å². The van der Waals surface area contributed by atoms with Crippen molar-refractivity contribution in [2.45, 2.75) is 19.3 Å². The third kappa shape index (κ3) is 2.22. The molecule has 1 fully saturated rings. The summed E-state index contributed by atoms with van der Waals surface area (Å²) in [5.74, 6) is 1.16. The number of hydrogen-bond donors (Lipinski definition) is 1. The molecule has 17 heavy (non-hydrogen) atoms. The summed E-state index contributed by atoms with van der Waals surface area (Å²) in [6.07, 6.45) is 3.25. The van der Waals surface area contributed by atoms with Crippen molar-refractivity contribution in [1.82, 2.24) is 5.32 Å². The van der Waals surface area contributed by atoms with E-state index in [2.05, 4.69) is 5.32 Å². The number of hydrogen-bond acceptors (Lipinski definition) is 3. The summed E-state index contributed by atoms with van der Waals surface area (Å²) in [6.45, 7) is 2.26. The monoisotopic (exact) mass is 237 g/mol. The van der Waals surface area contributed by atoms with Gasteiger partial charge in [-0.3, -0.25) is 0 Å². The Morgan fingerprint density at radius 1 is 1.24 bits per heavy atom. The Morgan fingerprint density at radius 2 is 2.06 bits per heavy atom. The Kier molecular flexibility index (Phi) is 2.89. The molecule has 4 heteroatoms. The van der Waals surface area contributed by atoms with Crippen LogP contribution in [0.1, 0.15) is 18.4 Å². The van der Waals surface area contributed by atoms with Gasteiger partial charge in [0.15, 0.2) is 11.6 Å². The molecule has 0 atom stereocenters. The Labute approximate surface area is 99.9 Å². The zero-order chi connectivity index (χ0) is 11.7. The lowest BCUT2D eigenvalue weighted by atomic mass is 9.91. The third-order valence-corrected chi connectivity index (χ3v) is 3.47. The Bertz CT molecular complexity index is 416. The van der Waals surface area contributed by atoms with Gasteiger partial charge in [0, 0.05) is 0 Å². The molecule has 0 saturated carbocycles. The SMILES string of the molecule is Fc1cc(CC2CCNCC2)cc2c1OCO2. The van der Waals surface area contributed by atoms with Gasteiger partial charge in [0.2, 0.25) is 12.5 Å². The molecule has 0 amide bonds. The highest BCUT2D eigenvalue weighted by Gasteiger charge is 2.21. The van der Waals surface area contributed by atoms with Crippen LogP contribution in [-0.4, -0.2) is 19.9 Å². The van der Waals surface area contributed by atoms with Crippen molar-refractivity contribution >= 4 is 0 Å². The lowest BCUT2D eigenvalue weighted by Gasteiger charge is -2.22. The van der Waals surface area contributed by atoms with Crippen LogP contribution in [0.4, 0.5) is 4.39 Å². The molecule has 2 aliphatic heterocycles. The lowest BCUT2D eigenvalue weighted by molar-refractivity contribution is 0.171. The van der Waals surface area contributed by atoms with Crippen LogP contribution in [0.15, 0.2) is 12.1 Å². The first kappa shape index (κ1) is 10.8. The van der Waals surface area contributed by atoms with E-state index in [1.54, 1.807) is 6.07 Å². The van der Waals surface area contributed by atoms with Crippen LogP contribution in [0.2, 0.25) is 0 Å². The highest BCUT2D eigenvalue weighted by molar-refractivity contribution is 5.45. The molecule has 2 aliphatic rings. The summed E-state index contributed by atoms with van der Waals surface area (Å²) in [6, 6.07) is 3.49. The lowest BCUT2D eigenvalue weighted by Crippen LogP contribution is -2.28. The Balaban J connectivity index is 1.76. The quantitative estimate of drug-likeness (QED) is 0.854. The third-order valence-electron chi connectivity index (χ3n) is 3.47. The van der Waals surface area contributed by atoms with Gasteiger partial charge in [0.25, 0.3) is 0 Å². The fourth-order valence-electron chi connectivity index (χ4n) is 2.56. The molecule has 0 radical (unpaired) electrons. The van der Waals surface area contributed by atoms with Crippen LogP contribution in [0.25, 0.3) is 0 Å². The van der Waals surface area contributed by atoms with Gasteiger partial charge in [-0.2, -0.15) is 0 Å². The van der Waals surface area contributed by atoms with Crippen LogP contribution < -0.4 is 14.8 Å². The minimum atomic E-state index is -0.302. The number of rotatable bonds is 2. The van der Waals surface area contributed by atoms with E-state index in [1.807, 2.05) is 6.07 Å². The van der Waals surface area contributed by atoms with Crippen molar-refractivity contribution in [3.05, 3.63) is 23.5 Å². The smallest absolute Gasteiger partial charge is 0.231 e. The number of halogens is 1. The molecule has 2 heterocycles. The van der Waals surface area contributed by atoms with Crippen molar-refractivity contribution in [3.63, 3.8) is 0 Å². The van der Waals surface area contributed by atoms with Gasteiger partial charge in [-0.1, -0.05) is 0 Å². The van der Waals surface area contributed by atoms with E-state index < -0.39 is 0 Å². The van der Waals surface area contributed by atoms with Crippen molar-refractivity contribution in [2.24, 2.45) is 5.92 Å². The fraction of sp³-hybridized carbons (Fsp3) is 0.538. The predicted molar refractivity (Wildman–Crippen MR) is 61.8 cm³/mol. The number of benzene rings is 1. The molecular weight excluding hydrogens is 221 g/mol. The summed E-state index contributed by atoms with van der Waals surface area (Å²) < 4.78 is 24.0. The number of piperidine rings is 1. The van der Waals surface area contributed by atoms with Crippen molar-refractivity contribution < 1.29 is 13.9 Å². The number of nitrogens with one attached hydrogen (secondary N) is 1. The minimum Gasteiger partial charge on any atom is -0.453 e. The van der Waals surface area contributed by atoms with E-state index in [4.69, 9.17) is 9.47 Å². The average Bonchev–Trinajstić information content (AvgIpc) is 2.79. The summed E-state index contributed by atoms with van der Waals surface area (Å²) >= 11 is 0. The van der Waals surface area contributed by atoms with Crippen LogP contribution in [0.3, 0.4) is 0 Å². The first-order chi connectivity index (χ1) is 8.33. The van der Waals surface area contributed by atoms with Crippen molar-refractivity contribution in [2.75, 3.05) is 19.9 Å². The summed E-state index contributed by atoms with van der Waals surface area (Å²) in [7, 11) is 0. The molecule has 3 rings (SSSR count). The summed E-state index contributed by atoms with van der Waals surface area (Å²) in [5, 5.41) is 3.33.